The molecule has 1 heterocycles. The predicted octanol–water partition coefficient (Wildman–Crippen LogP) is 4.11. The maximum absolute atomic E-state index is 12.5. The number of esters is 1. The van der Waals surface area contributed by atoms with Crippen LogP contribution in [0.5, 0.6) is 5.75 Å². The molecule has 0 spiro atoms. The second kappa shape index (κ2) is 7.77. The molecule has 148 valence electrons. The van der Waals surface area contributed by atoms with E-state index in [-0.39, 0.29) is 12.4 Å². The Morgan fingerprint density at radius 1 is 1.33 bits per heavy atom. The number of benzene rings is 1. The monoisotopic (exact) mass is 385 g/mol. The second-order valence-corrected chi connectivity index (χ2v) is 7.08. The van der Waals surface area contributed by atoms with Crippen molar-refractivity contribution in [1.29, 1.82) is 5.26 Å². The highest BCUT2D eigenvalue weighted by molar-refractivity contribution is 5.77. The van der Waals surface area contributed by atoms with Crippen LogP contribution in [-0.2, 0) is 19.7 Å². The van der Waals surface area contributed by atoms with Gasteiger partial charge in [-0.05, 0) is 51.3 Å². The van der Waals surface area contributed by atoms with E-state index in [9.17, 15) is 23.2 Å². The number of carbonyl (C=O) groups excluding carboxylic acids is 1. The maximum atomic E-state index is 12.5. The summed E-state index contributed by atoms with van der Waals surface area (Å²) in [6.07, 6.45) is -4.08. The first-order valence-electron chi connectivity index (χ1n) is 8.59. The number of carbonyl (C=O) groups is 1. The van der Waals surface area contributed by atoms with Crippen molar-refractivity contribution in [2.24, 2.45) is 5.92 Å². The van der Waals surface area contributed by atoms with E-state index in [0.717, 1.165) is 0 Å². The van der Waals surface area contributed by atoms with Crippen LogP contribution in [0.15, 0.2) is 24.3 Å². The van der Waals surface area contributed by atoms with Gasteiger partial charge in [0.25, 0.3) is 0 Å². The lowest BCUT2D eigenvalue weighted by Crippen LogP contribution is -2.50. The minimum Gasteiger partial charge on any atom is -0.465 e. The Bertz CT molecular complexity index is 709. The minimum atomic E-state index is -4.79. The number of alkyl halides is 3. The van der Waals surface area contributed by atoms with Crippen LogP contribution in [0.3, 0.4) is 0 Å². The van der Waals surface area contributed by atoms with Crippen LogP contribution >= 0.6 is 0 Å². The molecule has 8 heteroatoms. The van der Waals surface area contributed by atoms with Gasteiger partial charge in [-0.3, -0.25) is 4.79 Å². The summed E-state index contributed by atoms with van der Waals surface area (Å²) in [5, 5.41) is 9.71. The zero-order valence-corrected chi connectivity index (χ0v) is 15.4. The second-order valence-electron chi connectivity index (χ2n) is 7.08. The molecule has 27 heavy (non-hydrogen) atoms. The van der Waals surface area contributed by atoms with Gasteiger partial charge in [-0.1, -0.05) is 12.1 Å². The summed E-state index contributed by atoms with van der Waals surface area (Å²) in [6, 6.07) is 7.35. The van der Waals surface area contributed by atoms with Crippen molar-refractivity contribution in [3.63, 3.8) is 0 Å². The average Bonchev–Trinajstić information content (AvgIpc) is 2.54. The number of ether oxygens (including phenoxy) is 3. The quantitative estimate of drug-likeness (QED) is 0.714. The summed E-state index contributed by atoms with van der Waals surface area (Å²) >= 11 is 0. The fourth-order valence-corrected chi connectivity index (χ4v) is 3.68. The smallest absolute Gasteiger partial charge is 0.465 e. The standard InChI is InChI=1S/C19H22F3NO4/c1-4-25-16(24)15(11-23)18(9-10-26-17(2,3)12-18)13-5-7-14(8-6-13)27-19(20,21)22/h5-8,15H,4,9-10,12H2,1-3H3. The molecule has 1 aromatic carbocycles. The van der Waals surface area contributed by atoms with Crippen molar-refractivity contribution >= 4 is 5.97 Å². The number of hydrogen-bond acceptors (Lipinski definition) is 5. The molecule has 1 aliphatic rings. The largest absolute Gasteiger partial charge is 0.573 e. The van der Waals surface area contributed by atoms with Crippen molar-refractivity contribution in [2.75, 3.05) is 13.2 Å². The Balaban J connectivity index is 2.47. The van der Waals surface area contributed by atoms with Crippen LogP contribution in [0.2, 0.25) is 0 Å². The molecule has 1 fully saturated rings. The van der Waals surface area contributed by atoms with E-state index < -0.39 is 29.3 Å². The Morgan fingerprint density at radius 3 is 2.44 bits per heavy atom. The molecule has 5 nitrogen and oxygen atoms in total. The van der Waals surface area contributed by atoms with Gasteiger partial charge in [0.1, 0.15) is 5.75 Å². The fraction of sp³-hybridized carbons (Fsp3) is 0.579. The van der Waals surface area contributed by atoms with Crippen molar-refractivity contribution in [1.82, 2.24) is 0 Å². The van der Waals surface area contributed by atoms with Gasteiger partial charge in [-0.2, -0.15) is 5.26 Å². The molecule has 0 amide bonds. The lowest BCUT2D eigenvalue weighted by Gasteiger charge is -2.46. The van der Waals surface area contributed by atoms with E-state index in [1.165, 1.54) is 24.3 Å². The van der Waals surface area contributed by atoms with Crippen LogP contribution in [0.4, 0.5) is 13.2 Å². The Kier molecular flexibility index (Phi) is 6.05. The van der Waals surface area contributed by atoms with E-state index in [2.05, 4.69) is 4.74 Å². The van der Waals surface area contributed by atoms with E-state index >= 15 is 0 Å². The van der Waals surface area contributed by atoms with Crippen LogP contribution in [0.1, 0.15) is 39.2 Å². The summed E-state index contributed by atoms with van der Waals surface area (Å²) in [6.45, 7) is 5.79. The molecule has 1 saturated heterocycles. The van der Waals surface area contributed by atoms with Gasteiger partial charge in [0.2, 0.25) is 0 Å². The number of halogens is 3. The topological polar surface area (TPSA) is 68.6 Å². The van der Waals surface area contributed by atoms with Gasteiger partial charge in [0.05, 0.1) is 18.3 Å². The lowest BCUT2D eigenvalue weighted by atomic mass is 9.62. The van der Waals surface area contributed by atoms with Gasteiger partial charge in [-0.15, -0.1) is 13.2 Å². The van der Waals surface area contributed by atoms with Crippen LogP contribution in [0, 0.1) is 17.2 Å². The molecule has 2 rings (SSSR count). The fourth-order valence-electron chi connectivity index (χ4n) is 3.68. The number of nitrogens with zero attached hydrogens (tertiary/aromatic N) is 1. The molecule has 2 atom stereocenters. The molecule has 2 unspecified atom stereocenters. The van der Waals surface area contributed by atoms with Crippen LogP contribution in [-0.4, -0.2) is 31.1 Å². The normalized spacial score (nSPS) is 23.1. The van der Waals surface area contributed by atoms with Crippen molar-refractivity contribution in [3.8, 4) is 11.8 Å². The van der Waals surface area contributed by atoms with Gasteiger partial charge >= 0.3 is 12.3 Å². The highest BCUT2D eigenvalue weighted by atomic mass is 19.4. The van der Waals surface area contributed by atoms with E-state index in [1.807, 2.05) is 19.9 Å². The van der Waals surface area contributed by atoms with Crippen molar-refractivity contribution in [2.45, 2.75) is 51.0 Å². The van der Waals surface area contributed by atoms with E-state index in [1.54, 1.807) is 6.92 Å². The molecule has 0 aliphatic carbocycles. The molecular weight excluding hydrogens is 363 g/mol. The third-order valence-electron chi connectivity index (χ3n) is 4.65. The summed E-state index contributed by atoms with van der Waals surface area (Å²) in [4.78, 5) is 12.5. The lowest BCUT2D eigenvalue weighted by molar-refractivity contribution is -0.274. The predicted molar refractivity (Wildman–Crippen MR) is 89.8 cm³/mol. The number of hydrogen-bond donors (Lipinski definition) is 0. The molecule has 1 aromatic rings. The molecule has 0 N–H and O–H groups in total. The number of nitriles is 1. The van der Waals surface area contributed by atoms with Gasteiger partial charge in [0.15, 0.2) is 5.92 Å². The SMILES string of the molecule is CCOC(=O)C(C#N)C1(c2ccc(OC(F)(F)F)cc2)CCOC(C)(C)C1. The Labute approximate surface area is 156 Å². The van der Waals surface area contributed by atoms with E-state index in [4.69, 9.17) is 9.47 Å². The van der Waals surface area contributed by atoms with Crippen molar-refractivity contribution in [3.05, 3.63) is 29.8 Å². The van der Waals surface area contributed by atoms with Gasteiger partial charge in [-0.25, -0.2) is 0 Å². The Morgan fingerprint density at radius 2 is 1.96 bits per heavy atom. The molecule has 0 aromatic heterocycles. The first-order chi connectivity index (χ1) is 12.5. The average molecular weight is 385 g/mol. The Hall–Kier alpha value is -2.27. The van der Waals surface area contributed by atoms with Crippen LogP contribution in [0.25, 0.3) is 0 Å². The first-order valence-corrected chi connectivity index (χ1v) is 8.59. The van der Waals surface area contributed by atoms with Crippen molar-refractivity contribution < 1.29 is 32.2 Å². The molecule has 1 aliphatic heterocycles. The van der Waals surface area contributed by atoms with Gasteiger partial charge in [0, 0.05) is 12.0 Å². The third-order valence-corrected chi connectivity index (χ3v) is 4.65. The minimum absolute atomic E-state index is 0.130. The molecule has 0 bridgehead atoms. The molecule has 0 radical (unpaired) electrons. The van der Waals surface area contributed by atoms with E-state index in [0.29, 0.717) is 25.0 Å². The summed E-state index contributed by atoms with van der Waals surface area (Å²) in [5.74, 6) is -2.11. The van der Waals surface area contributed by atoms with Crippen LogP contribution < -0.4 is 4.74 Å². The summed E-state index contributed by atoms with van der Waals surface area (Å²) in [7, 11) is 0. The number of rotatable bonds is 5. The highest BCUT2D eigenvalue weighted by Gasteiger charge is 2.51. The van der Waals surface area contributed by atoms with Gasteiger partial charge < -0.3 is 14.2 Å². The zero-order chi connectivity index (χ0) is 20.3. The zero-order valence-electron chi connectivity index (χ0n) is 15.4. The third kappa shape index (κ3) is 4.92. The molecule has 0 saturated carbocycles. The highest BCUT2D eigenvalue weighted by Crippen LogP contribution is 2.47. The maximum Gasteiger partial charge on any atom is 0.573 e. The molecular formula is C19H22F3NO4. The summed E-state index contributed by atoms with van der Waals surface area (Å²) in [5.41, 5.74) is -0.964. The first kappa shape index (κ1) is 21.0. The summed E-state index contributed by atoms with van der Waals surface area (Å²) < 4.78 is 51.9.